The molecule has 0 bridgehead atoms. The van der Waals surface area contributed by atoms with Gasteiger partial charge in [-0.3, -0.25) is 0 Å². The lowest BCUT2D eigenvalue weighted by atomic mass is 10.1. The smallest absolute Gasteiger partial charge is 0.0849 e. The molecular formula is C10H10ClN3. The Morgan fingerprint density at radius 3 is 2.86 bits per heavy atom. The fourth-order valence-electron chi connectivity index (χ4n) is 1.29. The summed E-state index contributed by atoms with van der Waals surface area (Å²) in [6.07, 6.45) is 4.38. The van der Waals surface area contributed by atoms with Gasteiger partial charge in [0.1, 0.15) is 0 Å². The molecule has 0 unspecified atom stereocenters. The normalized spacial score (nSPS) is 10.4. The van der Waals surface area contributed by atoms with Crippen LogP contribution in [0.2, 0.25) is 5.02 Å². The van der Waals surface area contributed by atoms with Gasteiger partial charge in [0.25, 0.3) is 0 Å². The molecule has 4 heteroatoms. The molecule has 3 nitrogen and oxygen atoms in total. The molecule has 1 aromatic heterocycles. The van der Waals surface area contributed by atoms with E-state index >= 15 is 0 Å². The second-order valence-electron chi connectivity index (χ2n) is 2.99. The van der Waals surface area contributed by atoms with Crippen LogP contribution in [0, 0.1) is 0 Å². The Labute approximate surface area is 87.3 Å². The van der Waals surface area contributed by atoms with Crippen molar-refractivity contribution < 1.29 is 0 Å². The Hall–Kier alpha value is -1.35. The first-order valence-corrected chi connectivity index (χ1v) is 4.84. The highest BCUT2D eigenvalue weighted by Gasteiger charge is 2.03. The van der Waals surface area contributed by atoms with E-state index in [0.29, 0.717) is 5.02 Å². The zero-order valence-corrected chi connectivity index (χ0v) is 8.57. The van der Waals surface area contributed by atoms with E-state index in [0.717, 1.165) is 12.1 Å². The van der Waals surface area contributed by atoms with Crippen LogP contribution >= 0.6 is 11.6 Å². The SMILES string of the molecule is CCc1ccc(-n2ccnn2)c(Cl)c1. The van der Waals surface area contributed by atoms with E-state index in [9.17, 15) is 0 Å². The van der Waals surface area contributed by atoms with Gasteiger partial charge in [0.05, 0.1) is 23.1 Å². The van der Waals surface area contributed by atoms with Crippen LogP contribution in [-0.4, -0.2) is 15.0 Å². The number of hydrogen-bond acceptors (Lipinski definition) is 2. The minimum Gasteiger partial charge on any atom is -0.219 e. The second kappa shape index (κ2) is 3.80. The number of benzene rings is 1. The van der Waals surface area contributed by atoms with Gasteiger partial charge in [-0.25, -0.2) is 4.68 Å². The Balaban J connectivity index is 2.46. The van der Waals surface area contributed by atoms with Gasteiger partial charge in [-0.05, 0) is 24.1 Å². The van der Waals surface area contributed by atoms with Crippen LogP contribution in [-0.2, 0) is 6.42 Å². The highest BCUT2D eigenvalue weighted by atomic mass is 35.5. The van der Waals surface area contributed by atoms with Crippen LogP contribution < -0.4 is 0 Å². The van der Waals surface area contributed by atoms with Gasteiger partial charge in [0, 0.05) is 0 Å². The average molecular weight is 208 g/mol. The summed E-state index contributed by atoms with van der Waals surface area (Å²) >= 11 is 6.11. The van der Waals surface area contributed by atoms with Crippen LogP contribution in [0.5, 0.6) is 0 Å². The van der Waals surface area contributed by atoms with Crippen LogP contribution in [0.4, 0.5) is 0 Å². The molecule has 0 aliphatic heterocycles. The van der Waals surface area contributed by atoms with E-state index in [4.69, 9.17) is 11.6 Å². The monoisotopic (exact) mass is 207 g/mol. The molecule has 0 atom stereocenters. The maximum absolute atomic E-state index is 6.11. The van der Waals surface area contributed by atoms with E-state index < -0.39 is 0 Å². The largest absolute Gasteiger partial charge is 0.219 e. The predicted octanol–water partition coefficient (Wildman–Crippen LogP) is 2.48. The fraction of sp³-hybridized carbons (Fsp3) is 0.200. The summed E-state index contributed by atoms with van der Waals surface area (Å²) in [5.41, 5.74) is 2.08. The fourth-order valence-corrected chi connectivity index (χ4v) is 1.58. The summed E-state index contributed by atoms with van der Waals surface area (Å²) in [4.78, 5) is 0. The van der Waals surface area contributed by atoms with E-state index in [1.54, 1.807) is 17.1 Å². The van der Waals surface area contributed by atoms with Crippen molar-refractivity contribution in [3.63, 3.8) is 0 Å². The zero-order valence-electron chi connectivity index (χ0n) is 7.81. The molecule has 0 aliphatic rings. The lowest BCUT2D eigenvalue weighted by Gasteiger charge is -2.04. The summed E-state index contributed by atoms with van der Waals surface area (Å²) in [6, 6.07) is 5.96. The zero-order chi connectivity index (χ0) is 9.97. The lowest BCUT2D eigenvalue weighted by molar-refractivity contribution is 0.803. The second-order valence-corrected chi connectivity index (χ2v) is 3.39. The van der Waals surface area contributed by atoms with Crippen molar-refractivity contribution in [3.05, 3.63) is 41.2 Å². The van der Waals surface area contributed by atoms with Crippen molar-refractivity contribution in [1.82, 2.24) is 15.0 Å². The van der Waals surface area contributed by atoms with Crippen molar-refractivity contribution in [2.75, 3.05) is 0 Å². The predicted molar refractivity (Wildman–Crippen MR) is 55.7 cm³/mol. The maximum atomic E-state index is 6.11. The third kappa shape index (κ3) is 1.63. The quantitative estimate of drug-likeness (QED) is 0.758. The Morgan fingerprint density at radius 2 is 2.29 bits per heavy atom. The van der Waals surface area contributed by atoms with Crippen molar-refractivity contribution >= 4 is 11.6 Å². The van der Waals surface area contributed by atoms with Crippen LogP contribution in [0.25, 0.3) is 5.69 Å². The van der Waals surface area contributed by atoms with Crippen molar-refractivity contribution in [1.29, 1.82) is 0 Å². The molecule has 14 heavy (non-hydrogen) atoms. The first-order valence-electron chi connectivity index (χ1n) is 4.46. The van der Waals surface area contributed by atoms with E-state index in [2.05, 4.69) is 17.2 Å². The van der Waals surface area contributed by atoms with Gasteiger partial charge in [0.2, 0.25) is 0 Å². The lowest BCUT2D eigenvalue weighted by Crippen LogP contribution is -1.96. The summed E-state index contributed by atoms with van der Waals surface area (Å²) in [7, 11) is 0. The Morgan fingerprint density at radius 1 is 1.43 bits per heavy atom. The van der Waals surface area contributed by atoms with Gasteiger partial charge in [-0.2, -0.15) is 0 Å². The number of nitrogens with zero attached hydrogens (tertiary/aromatic N) is 3. The van der Waals surface area contributed by atoms with Crippen LogP contribution in [0.1, 0.15) is 12.5 Å². The highest BCUT2D eigenvalue weighted by Crippen LogP contribution is 2.21. The van der Waals surface area contributed by atoms with Gasteiger partial charge in [-0.15, -0.1) is 5.10 Å². The number of aromatic nitrogens is 3. The van der Waals surface area contributed by atoms with Gasteiger partial charge in [0.15, 0.2) is 0 Å². The molecule has 2 aromatic rings. The minimum atomic E-state index is 0.704. The maximum Gasteiger partial charge on any atom is 0.0849 e. The van der Waals surface area contributed by atoms with Crippen LogP contribution in [0.15, 0.2) is 30.6 Å². The first-order chi connectivity index (χ1) is 6.81. The van der Waals surface area contributed by atoms with Gasteiger partial charge >= 0.3 is 0 Å². The third-order valence-corrected chi connectivity index (χ3v) is 2.39. The summed E-state index contributed by atoms with van der Waals surface area (Å²) in [5.74, 6) is 0. The number of rotatable bonds is 2. The highest BCUT2D eigenvalue weighted by molar-refractivity contribution is 6.32. The van der Waals surface area contributed by atoms with Crippen molar-refractivity contribution in [2.24, 2.45) is 0 Å². The standard InChI is InChI=1S/C10H10ClN3/c1-2-8-3-4-10(9(11)7-8)14-6-5-12-13-14/h3-7H,2H2,1H3. The molecule has 1 aromatic carbocycles. The van der Waals surface area contributed by atoms with E-state index in [1.807, 2.05) is 18.2 Å². The number of aryl methyl sites for hydroxylation is 1. The minimum absolute atomic E-state index is 0.704. The van der Waals surface area contributed by atoms with E-state index in [1.165, 1.54) is 5.56 Å². The molecule has 0 saturated heterocycles. The first kappa shape index (κ1) is 9.21. The van der Waals surface area contributed by atoms with Gasteiger partial charge < -0.3 is 0 Å². The molecule has 0 aliphatic carbocycles. The topological polar surface area (TPSA) is 30.7 Å². The molecular weight excluding hydrogens is 198 g/mol. The van der Waals surface area contributed by atoms with Gasteiger partial charge in [-0.1, -0.05) is 29.8 Å². The molecule has 0 spiro atoms. The molecule has 0 N–H and O–H groups in total. The third-order valence-electron chi connectivity index (χ3n) is 2.09. The molecule has 0 saturated carbocycles. The molecule has 1 heterocycles. The molecule has 0 fully saturated rings. The van der Waals surface area contributed by atoms with Crippen LogP contribution in [0.3, 0.4) is 0 Å². The average Bonchev–Trinajstić information content (AvgIpc) is 2.70. The summed E-state index contributed by atoms with van der Waals surface area (Å²) < 4.78 is 1.65. The molecule has 0 radical (unpaired) electrons. The Bertz CT molecular complexity index is 423. The van der Waals surface area contributed by atoms with E-state index in [-0.39, 0.29) is 0 Å². The summed E-state index contributed by atoms with van der Waals surface area (Å²) in [5, 5.41) is 8.33. The molecule has 72 valence electrons. The molecule has 0 amide bonds. The molecule has 2 rings (SSSR count). The summed E-state index contributed by atoms with van der Waals surface area (Å²) in [6.45, 7) is 2.10. The Kier molecular flexibility index (Phi) is 2.50. The van der Waals surface area contributed by atoms with Crippen molar-refractivity contribution in [2.45, 2.75) is 13.3 Å². The number of halogens is 1. The van der Waals surface area contributed by atoms with Crippen molar-refractivity contribution in [3.8, 4) is 5.69 Å². The number of hydrogen-bond donors (Lipinski definition) is 0.